The summed E-state index contributed by atoms with van der Waals surface area (Å²) in [6.07, 6.45) is 3.52. The molecule has 4 rings (SSSR count). The maximum Gasteiger partial charge on any atom is 0.256 e. The van der Waals surface area contributed by atoms with E-state index in [-0.39, 0.29) is 29.5 Å². The number of carbonyl (C=O) groups excluding carboxylic acids is 2. The summed E-state index contributed by atoms with van der Waals surface area (Å²) in [5, 5.41) is 12.4. The molecule has 0 saturated carbocycles. The molecule has 0 saturated heterocycles. The maximum atomic E-state index is 14.0. The van der Waals surface area contributed by atoms with E-state index in [2.05, 4.69) is 31.0 Å². The molecule has 29 heavy (non-hydrogen) atoms. The van der Waals surface area contributed by atoms with Crippen LogP contribution >= 0.6 is 0 Å². The van der Waals surface area contributed by atoms with E-state index < -0.39 is 23.9 Å². The predicted octanol–water partition coefficient (Wildman–Crippen LogP) is 0.673. The molecule has 3 aromatic heterocycles. The Kier molecular flexibility index (Phi) is 4.71. The van der Waals surface area contributed by atoms with Crippen LogP contribution in [0.25, 0.3) is 5.65 Å². The van der Waals surface area contributed by atoms with Gasteiger partial charge in [-0.25, -0.2) is 18.9 Å². The molecule has 3 aromatic rings. The predicted molar refractivity (Wildman–Crippen MR) is 100 cm³/mol. The van der Waals surface area contributed by atoms with E-state index in [0.29, 0.717) is 11.5 Å². The first kappa shape index (κ1) is 18.6. The number of fused-ring (bicyclic) bond motifs is 2. The number of pyridine rings is 1. The van der Waals surface area contributed by atoms with Gasteiger partial charge in [-0.1, -0.05) is 0 Å². The van der Waals surface area contributed by atoms with E-state index in [1.807, 2.05) is 0 Å². The molecule has 2 bridgehead atoms. The van der Waals surface area contributed by atoms with Crippen LogP contribution in [0.5, 0.6) is 5.88 Å². The zero-order valence-corrected chi connectivity index (χ0v) is 15.6. The largest absolute Gasteiger partial charge is 0.473 e. The van der Waals surface area contributed by atoms with Crippen molar-refractivity contribution in [2.45, 2.75) is 19.1 Å². The number of hydrogen-bond acceptors (Lipinski definition) is 7. The quantitative estimate of drug-likeness (QED) is 0.550. The Morgan fingerprint density at radius 2 is 2.24 bits per heavy atom. The van der Waals surface area contributed by atoms with Crippen LogP contribution < -0.4 is 20.7 Å². The summed E-state index contributed by atoms with van der Waals surface area (Å²) in [5.41, 5.74) is 0.795. The molecule has 0 aromatic carbocycles. The van der Waals surface area contributed by atoms with Gasteiger partial charge in [-0.3, -0.25) is 9.59 Å². The molecule has 0 spiro atoms. The average Bonchev–Trinajstić information content (AvgIpc) is 3.14. The number of aromatic nitrogens is 4. The number of nitrogens with one attached hydrogen (secondary N) is 3. The number of nitrogens with zero attached hydrogens (tertiary/aromatic N) is 4. The summed E-state index contributed by atoms with van der Waals surface area (Å²) in [7, 11) is 1.47. The number of halogens is 1. The van der Waals surface area contributed by atoms with E-state index in [1.54, 1.807) is 19.2 Å². The number of hydrogen-bond donors (Lipinski definition) is 3. The molecule has 4 heterocycles. The molecule has 10 nitrogen and oxygen atoms in total. The second-order valence-corrected chi connectivity index (χ2v) is 6.52. The molecule has 150 valence electrons. The SMILES string of the molecule is CNC(=O)C1Nc2ccn3ncc(c3n2)C(=O)NC[C@H](C)Oc2ncc(F)cc21. The van der Waals surface area contributed by atoms with Gasteiger partial charge < -0.3 is 20.7 Å². The summed E-state index contributed by atoms with van der Waals surface area (Å²) < 4.78 is 21.2. The van der Waals surface area contributed by atoms with Crippen LogP contribution in [0.15, 0.2) is 30.7 Å². The summed E-state index contributed by atoms with van der Waals surface area (Å²) in [6.45, 7) is 1.88. The molecule has 2 amide bonds. The molecule has 0 radical (unpaired) electrons. The molecule has 1 aliphatic heterocycles. The minimum Gasteiger partial charge on any atom is -0.473 e. The molecule has 0 fully saturated rings. The lowest BCUT2D eigenvalue weighted by Gasteiger charge is -2.22. The number of anilines is 1. The fourth-order valence-electron chi connectivity index (χ4n) is 3.00. The smallest absolute Gasteiger partial charge is 0.256 e. The van der Waals surface area contributed by atoms with Gasteiger partial charge in [0.25, 0.3) is 5.91 Å². The normalized spacial score (nSPS) is 19.1. The van der Waals surface area contributed by atoms with E-state index in [1.165, 1.54) is 23.8 Å². The van der Waals surface area contributed by atoms with Gasteiger partial charge in [-0.15, -0.1) is 0 Å². The van der Waals surface area contributed by atoms with Crippen molar-refractivity contribution in [3.8, 4) is 5.88 Å². The first-order valence-corrected chi connectivity index (χ1v) is 8.89. The summed E-state index contributed by atoms with van der Waals surface area (Å²) in [4.78, 5) is 33.5. The Balaban J connectivity index is 1.88. The molecule has 1 unspecified atom stereocenters. The Bertz CT molecular complexity index is 1100. The van der Waals surface area contributed by atoms with Gasteiger partial charge in [0.2, 0.25) is 11.8 Å². The Morgan fingerprint density at radius 1 is 1.41 bits per heavy atom. The van der Waals surface area contributed by atoms with Crippen molar-refractivity contribution in [1.29, 1.82) is 0 Å². The summed E-state index contributed by atoms with van der Waals surface area (Å²) in [6, 6.07) is 1.74. The van der Waals surface area contributed by atoms with Crippen LogP contribution in [0.4, 0.5) is 10.2 Å². The molecular formula is C18H18FN7O3. The van der Waals surface area contributed by atoms with Gasteiger partial charge in [-0.05, 0) is 19.1 Å². The fraction of sp³-hybridized carbons (Fsp3) is 0.278. The molecule has 11 heteroatoms. The van der Waals surface area contributed by atoms with Gasteiger partial charge in [-0.2, -0.15) is 5.10 Å². The van der Waals surface area contributed by atoms with Crippen molar-refractivity contribution in [2.75, 3.05) is 18.9 Å². The summed E-state index contributed by atoms with van der Waals surface area (Å²) in [5.74, 6) is -1.04. The van der Waals surface area contributed by atoms with Crippen molar-refractivity contribution >= 4 is 23.3 Å². The molecule has 0 aliphatic carbocycles. The lowest BCUT2D eigenvalue weighted by atomic mass is 10.1. The standard InChI is InChI=1S/C18H18FN7O3/c1-9-6-21-16(27)12-8-23-26-4-3-13(25-15(12)26)24-14(17(28)20-2)11-5-10(19)7-22-18(11)29-9/h3-5,7-9,14H,6H2,1-2H3,(H,20,28)(H,21,27)(H,24,25)/t9-,14?/m0/s1. The fourth-order valence-corrected chi connectivity index (χ4v) is 3.00. The number of carbonyl (C=O) groups is 2. The third kappa shape index (κ3) is 3.53. The Labute approximate surface area is 164 Å². The van der Waals surface area contributed by atoms with E-state index in [9.17, 15) is 14.0 Å². The van der Waals surface area contributed by atoms with Crippen molar-refractivity contribution in [2.24, 2.45) is 0 Å². The molecule has 1 aliphatic rings. The highest BCUT2D eigenvalue weighted by molar-refractivity contribution is 5.99. The minimum atomic E-state index is -1.03. The highest BCUT2D eigenvalue weighted by atomic mass is 19.1. The molecule has 2 atom stereocenters. The molecular weight excluding hydrogens is 381 g/mol. The van der Waals surface area contributed by atoms with Crippen molar-refractivity contribution < 1.29 is 18.7 Å². The lowest BCUT2D eigenvalue weighted by molar-refractivity contribution is -0.121. The third-order valence-corrected chi connectivity index (χ3v) is 4.43. The van der Waals surface area contributed by atoms with Crippen LogP contribution in [0.2, 0.25) is 0 Å². The maximum absolute atomic E-state index is 14.0. The summed E-state index contributed by atoms with van der Waals surface area (Å²) >= 11 is 0. The zero-order valence-electron chi connectivity index (χ0n) is 15.6. The minimum absolute atomic E-state index is 0.0811. The van der Waals surface area contributed by atoms with Crippen LogP contribution in [0, 0.1) is 5.82 Å². The van der Waals surface area contributed by atoms with Gasteiger partial charge in [0.05, 0.1) is 18.9 Å². The number of amides is 2. The topological polar surface area (TPSA) is 123 Å². The van der Waals surface area contributed by atoms with Gasteiger partial charge in [0, 0.05) is 18.8 Å². The van der Waals surface area contributed by atoms with Crippen LogP contribution in [0.3, 0.4) is 0 Å². The average molecular weight is 399 g/mol. The van der Waals surface area contributed by atoms with Crippen molar-refractivity contribution in [3.63, 3.8) is 0 Å². The van der Waals surface area contributed by atoms with E-state index >= 15 is 0 Å². The van der Waals surface area contributed by atoms with Crippen LogP contribution in [-0.4, -0.2) is 51.1 Å². The van der Waals surface area contributed by atoms with Gasteiger partial charge >= 0.3 is 0 Å². The van der Waals surface area contributed by atoms with Gasteiger partial charge in [0.1, 0.15) is 29.3 Å². The number of rotatable bonds is 1. The monoisotopic (exact) mass is 399 g/mol. The van der Waals surface area contributed by atoms with E-state index in [4.69, 9.17) is 4.74 Å². The van der Waals surface area contributed by atoms with Crippen molar-refractivity contribution in [3.05, 3.63) is 47.7 Å². The zero-order chi connectivity index (χ0) is 20.5. The second kappa shape index (κ2) is 7.34. The first-order chi connectivity index (χ1) is 14.0. The van der Waals surface area contributed by atoms with Crippen molar-refractivity contribution in [1.82, 2.24) is 30.2 Å². The lowest BCUT2D eigenvalue weighted by Crippen LogP contribution is -2.34. The van der Waals surface area contributed by atoms with Crippen LogP contribution in [0.1, 0.15) is 28.9 Å². The highest BCUT2D eigenvalue weighted by Gasteiger charge is 2.27. The van der Waals surface area contributed by atoms with Gasteiger partial charge in [0.15, 0.2) is 5.65 Å². The first-order valence-electron chi connectivity index (χ1n) is 8.89. The Hall–Kier alpha value is -3.76. The third-order valence-electron chi connectivity index (χ3n) is 4.43. The second-order valence-electron chi connectivity index (χ2n) is 6.52. The Morgan fingerprint density at radius 3 is 3.03 bits per heavy atom. The highest BCUT2D eigenvalue weighted by Crippen LogP contribution is 2.28. The van der Waals surface area contributed by atoms with E-state index in [0.717, 1.165) is 6.20 Å². The number of ether oxygens (including phenoxy) is 1. The van der Waals surface area contributed by atoms with Crippen LogP contribution in [-0.2, 0) is 4.79 Å². The molecule has 3 N–H and O–H groups in total. The number of likely N-dealkylation sites (N-methyl/N-ethyl adjacent to an activating group) is 1.